The summed E-state index contributed by atoms with van der Waals surface area (Å²) >= 11 is 4.71. The number of allylic oxidation sites excluding steroid dienone is 1. The third-order valence-corrected chi connectivity index (χ3v) is 3.52. The van der Waals surface area contributed by atoms with E-state index in [2.05, 4.69) is 18.5 Å². The normalized spacial score (nSPS) is 8.83. The first-order chi connectivity index (χ1) is 13.9. The van der Waals surface area contributed by atoms with Crippen molar-refractivity contribution in [1.82, 2.24) is 5.32 Å². The largest absolute Gasteiger partial charge is 0.497 e. The number of carbonyl (C=O) groups is 2. The molecule has 0 radical (unpaired) electrons. The van der Waals surface area contributed by atoms with Gasteiger partial charge in [-0.2, -0.15) is 0 Å². The highest BCUT2D eigenvalue weighted by atomic mass is 35.5. The molecular formula is C22H27ClN2O4. The van der Waals surface area contributed by atoms with Crippen LogP contribution in [0.5, 0.6) is 11.5 Å². The van der Waals surface area contributed by atoms with Crippen LogP contribution < -0.4 is 20.5 Å². The summed E-state index contributed by atoms with van der Waals surface area (Å²) in [6, 6.07) is 15.2. The van der Waals surface area contributed by atoms with Crippen molar-refractivity contribution in [2.75, 3.05) is 14.2 Å². The SMILES string of the molecule is C=CC(=O)Cl.C=CC(=O)NCc1ccc(OC)cc1.COc1ccc(CN)cc1. The lowest BCUT2D eigenvalue weighted by molar-refractivity contribution is -0.116. The maximum atomic E-state index is 10.9. The predicted molar refractivity (Wildman–Crippen MR) is 117 cm³/mol. The minimum atomic E-state index is -0.509. The summed E-state index contributed by atoms with van der Waals surface area (Å²) < 4.78 is 9.99. The van der Waals surface area contributed by atoms with Crippen LogP contribution in [0.15, 0.2) is 73.8 Å². The highest BCUT2D eigenvalue weighted by Crippen LogP contribution is 2.11. The maximum absolute atomic E-state index is 10.9. The quantitative estimate of drug-likeness (QED) is 0.529. The van der Waals surface area contributed by atoms with Gasteiger partial charge in [-0.25, -0.2) is 0 Å². The minimum absolute atomic E-state index is 0.166. The Hall–Kier alpha value is -3.09. The van der Waals surface area contributed by atoms with Gasteiger partial charge in [-0.3, -0.25) is 9.59 Å². The number of carbonyl (C=O) groups excluding carboxylic acids is 2. The molecule has 2 aromatic rings. The van der Waals surface area contributed by atoms with Gasteiger partial charge in [-0.1, -0.05) is 37.4 Å². The van der Waals surface area contributed by atoms with Crippen LogP contribution in [0.3, 0.4) is 0 Å². The number of hydrogen-bond acceptors (Lipinski definition) is 5. The fourth-order valence-electron chi connectivity index (χ4n) is 1.77. The molecule has 0 saturated heterocycles. The molecule has 0 saturated carbocycles. The number of methoxy groups -OCH3 is 2. The first-order valence-electron chi connectivity index (χ1n) is 8.58. The fourth-order valence-corrected chi connectivity index (χ4v) is 1.77. The number of nitrogens with one attached hydrogen (secondary N) is 1. The van der Waals surface area contributed by atoms with E-state index in [1.807, 2.05) is 48.5 Å². The third kappa shape index (κ3) is 12.8. The van der Waals surface area contributed by atoms with Gasteiger partial charge in [0.1, 0.15) is 11.5 Å². The molecule has 0 aliphatic carbocycles. The number of rotatable bonds is 7. The molecule has 2 rings (SSSR count). The lowest BCUT2D eigenvalue weighted by atomic mass is 10.2. The van der Waals surface area contributed by atoms with Crippen molar-refractivity contribution in [3.05, 3.63) is 85.0 Å². The van der Waals surface area contributed by atoms with Crippen molar-refractivity contribution in [3.8, 4) is 11.5 Å². The number of hydrogen-bond donors (Lipinski definition) is 2. The van der Waals surface area contributed by atoms with Crippen molar-refractivity contribution >= 4 is 22.8 Å². The van der Waals surface area contributed by atoms with Gasteiger partial charge in [-0.05, 0) is 59.1 Å². The fraction of sp³-hybridized carbons (Fsp3) is 0.182. The summed E-state index contributed by atoms with van der Waals surface area (Å²) in [4.78, 5) is 20.3. The molecule has 6 nitrogen and oxygen atoms in total. The van der Waals surface area contributed by atoms with E-state index in [1.165, 1.54) is 6.08 Å². The zero-order valence-corrected chi connectivity index (χ0v) is 17.4. The predicted octanol–water partition coefficient (Wildman–Crippen LogP) is 3.59. The lowest BCUT2D eigenvalue weighted by Crippen LogP contribution is -2.19. The van der Waals surface area contributed by atoms with Crippen molar-refractivity contribution in [3.63, 3.8) is 0 Å². The molecule has 156 valence electrons. The van der Waals surface area contributed by atoms with E-state index in [4.69, 9.17) is 26.8 Å². The molecule has 0 unspecified atom stereocenters. The van der Waals surface area contributed by atoms with Crippen LogP contribution in [0.2, 0.25) is 0 Å². The maximum Gasteiger partial charge on any atom is 0.244 e. The van der Waals surface area contributed by atoms with Crippen molar-refractivity contribution < 1.29 is 19.1 Å². The summed E-state index contributed by atoms with van der Waals surface area (Å²) in [6.45, 7) is 7.54. The summed E-state index contributed by atoms with van der Waals surface area (Å²) in [5.74, 6) is 1.52. The van der Waals surface area contributed by atoms with Crippen LogP contribution in [-0.2, 0) is 22.7 Å². The number of ether oxygens (including phenoxy) is 2. The standard InChI is InChI=1S/C11H13NO2.C8H11NO.C3H3ClO/c1-3-11(13)12-8-9-4-6-10(14-2)7-5-9;1-10-8-4-2-7(6-9)3-5-8;1-2-3(4)5/h3-7H,1,8H2,2H3,(H,12,13);2-5H,6,9H2,1H3;2H,1H2. The molecule has 3 N–H and O–H groups in total. The average molecular weight is 419 g/mol. The molecule has 0 fully saturated rings. The summed E-state index contributed by atoms with van der Waals surface area (Å²) in [5.41, 5.74) is 7.55. The second-order valence-corrected chi connectivity index (χ2v) is 5.70. The van der Waals surface area contributed by atoms with Crippen molar-refractivity contribution in [1.29, 1.82) is 0 Å². The van der Waals surface area contributed by atoms with Gasteiger partial charge in [0, 0.05) is 13.1 Å². The Morgan fingerprint density at radius 1 is 0.931 bits per heavy atom. The van der Waals surface area contributed by atoms with Crippen LogP contribution in [0.25, 0.3) is 0 Å². The highest BCUT2D eigenvalue weighted by molar-refractivity contribution is 6.66. The summed E-state index contributed by atoms with van der Waals surface area (Å²) in [7, 11) is 3.27. The molecule has 0 atom stereocenters. The number of nitrogens with two attached hydrogens (primary N) is 1. The number of halogens is 1. The Balaban J connectivity index is 0.000000455. The number of amides is 1. The molecular weight excluding hydrogens is 392 g/mol. The van der Waals surface area contributed by atoms with E-state index in [-0.39, 0.29) is 5.91 Å². The highest BCUT2D eigenvalue weighted by Gasteiger charge is 1.96. The van der Waals surface area contributed by atoms with Gasteiger partial charge >= 0.3 is 0 Å². The smallest absolute Gasteiger partial charge is 0.244 e. The Morgan fingerprint density at radius 3 is 1.66 bits per heavy atom. The molecule has 0 spiro atoms. The Bertz CT molecular complexity index is 736. The van der Waals surface area contributed by atoms with Gasteiger partial charge < -0.3 is 20.5 Å². The molecule has 1 amide bonds. The minimum Gasteiger partial charge on any atom is -0.497 e. The summed E-state index contributed by atoms with van der Waals surface area (Å²) in [5, 5.41) is 2.18. The molecule has 7 heteroatoms. The monoisotopic (exact) mass is 418 g/mol. The van der Waals surface area contributed by atoms with Gasteiger partial charge in [0.25, 0.3) is 0 Å². The van der Waals surface area contributed by atoms with Crippen molar-refractivity contribution in [2.24, 2.45) is 5.73 Å². The molecule has 29 heavy (non-hydrogen) atoms. The van der Waals surface area contributed by atoms with Crippen LogP contribution in [-0.4, -0.2) is 25.4 Å². The molecule has 0 heterocycles. The second-order valence-electron chi connectivity index (χ2n) is 5.33. The van der Waals surface area contributed by atoms with Crippen LogP contribution >= 0.6 is 11.6 Å². The zero-order valence-electron chi connectivity index (χ0n) is 16.7. The van der Waals surface area contributed by atoms with Crippen molar-refractivity contribution in [2.45, 2.75) is 13.1 Å². The topological polar surface area (TPSA) is 90.7 Å². The van der Waals surface area contributed by atoms with E-state index in [0.717, 1.165) is 28.7 Å². The van der Waals surface area contributed by atoms with E-state index < -0.39 is 5.24 Å². The van der Waals surface area contributed by atoms with Gasteiger partial charge in [0.2, 0.25) is 11.1 Å². The molecule has 2 aromatic carbocycles. The van der Waals surface area contributed by atoms with Crippen LogP contribution in [0.4, 0.5) is 0 Å². The molecule has 0 aliphatic heterocycles. The van der Waals surface area contributed by atoms with Gasteiger partial charge in [-0.15, -0.1) is 0 Å². The summed E-state index contributed by atoms with van der Waals surface area (Å²) in [6.07, 6.45) is 2.30. The second kappa shape index (κ2) is 15.9. The molecule has 0 aliphatic rings. The number of benzene rings is 2. The lowest BCUT2D eigenvalue weighted by Gasteiger charge is -2.03. The van der Waals surface area contributed by atoms with Gasteiger partial charge in [0.15, 0.2) is 0 Å². The van der Waals surface area contributed by atoms with E-state index in [0.29, 0.717) is 13.1 Å². The van der Waals surface area contributed by atoms with Crippen LogP contribution in [0.1, 0.15) is 11.1 Å². The van der Waals surface area contributed by atoms with E-state index in [1.54, 1.807) is 14.2 Å². The molecule has 0 aromatic heterocycles. The average Bonchev–Trinajstić information content (AvgIpc) is 2.78. The zero-order chi connectivity index (χ0) is 22.1. The Labute approximate surface area is 177 Å². The first-order valence-corrected chi connectivity index (χ1v) is 8.96. The van der Waals surface area contributed by atoms with E-state index in [9.17, 15) is 9.59 Å². The van der Waals surface area contributed by atoms with E-state index >= 15 is 0 Å². The Morgan fingerprint density at radius 2 is 1.34 bits per heavy atom. The third-order valence-electron chi connectivity index (χ3n) is 3.37. The Kier molecular flexibility index (Phi) is 14.2. The molecule has 0 bridgehead atoms. The van der Waals surface area contributed by atoms with Crippen LogP contribution in [0, 0.1) is 0 Å². The first kappa shape index (κ1) is 25.9. The van der Waals surface area contributed by atoms with Gasteiger partial charge in [0.05, 0.1) is 14.2 Å².